The summed E-state index contributed by atoms with van der Waals surface area (Å²) in [6.07, 6.45) is 0. The van der Waals surface area contributed by atoms with Crippen molar-refractivity contribution in [3.63, 3.8) is 0 Å². The first-order valence-corrected chi connectivity index (χ1v) is 6.16. The summed E-state index contributed by atoms with van der Waals surface area (Å²) in [5, 5.41) is 12.1. The predicted octanol–water partition coefficient (Wildman–Crippen LogP) is 3.91. The van der Waals surface area contributed by atoms with Crippen LogP contribution in [-0.4, -0.2) is 5.91 Å². The van der Waals surface area contributed by atoms with Crippen molar-refractivity contribution >= 4 is 23.2 Å². The molecule has 0 saturated carbocycles. The first-order valence-electron chi connectivity index (χ1n) is 5.78. The summed E-state index contributed by atoms with van der Waals surface area (Å²) < 4.78 is 13.0. The molecule has 1 amide bonds. The maximum atomic E-state index is 13.0. The average molecular weight is 289 g/mol. The van der Waals surface area contributed by atoms with Crippen LogP contribution in [0.5, 0.6) is 0 Å². The van der Waals surface area contributed by atoms with Gasteiger partial charge in [0, 0.05) is 10.6 Å². The Morgan fingerprint density at radius 3 is 2.70 bits per heavy atom. The third-order valence-corrected chi connectivity index (χ3v) is 3.02. The van der Waals surface area contributed by atoms with Crippen molar-refractivity contribution in [2.75, 3.05) is 5.32 Å². The SMILES string of the molecule is Cc1cc(Cl)ccc1C(=O)Nc1ccc(F)cc1C#N. The van der Waals surface area contributed by atoms with Crippen LogP contribution in [0.15, 0.2) is 36.4 Å². The first-order chi connectivity index (χ1) is 9.51. The molecular formula is C15H10ClFN2O. The first kappa shape index (κ1) is 14.0. The van der Waals surface area contributed by atoms with Crippen molar-refractivity contribution < 1.29 is 9.18 Å². The van der Waals surface area contributed by atoms with Crippen LogP contribution in [0.3, 0.4) is 0 Å². The Hall–Kier alpha value is -2.38. The van der Waals surface area contributed by atoms with E-state index in [0.29, 0.717) is 10.6 Å². The number of nitrogens with zero attached hydrogens (tertiary/aromatic N) is 1. The summed E-state index contributed by atoms with van der Waals surface area (Å²) in [7, 11) is 0. The number of hydrogen-bond donors (Lipinski definition) is 1. The van der Waals surface area contributed by atoms with E-state index in [0.717, 1.165) is 11.6 Å². The van der Waals surface area contributed by atoms with Gasteiger partial charge in [0.2, 0.25) is 0 Å². The van der Waals surface area contributed by atoms with Gasteiger partial charge in [-0.05, 0) is 48.9 Å². The van der Waals surface area contributed by atoms with Gasteiger partial charge in [0.15, 0.2) is 0 Å². The van der Waals surface area contributed by atoms with E-state index < -0.39 is 5.82 Å². The van der Waals surface area contributed by atoms with Crippen molar-refractivity contribution in [1.29, 1.82) is 5.26 Å². The molecule has 3 nitrogen and oxygen atoms in total. The van der Waals surface area contributed by atoms with Crippen LogP contribution in [0.2, 0.25) is 5.02 Å². The summed E-state index contributed by atoms with van der Waals surface area (Å²) in [5.74, 6) is -0.899. The monoisotopic (exact) mass is 288 g/mol. The van der Waals surface area contributed by atoms with Gasteiger partial charge >= 0.3 is 0 Å². The molecule has 0 heterocycles. The lowest BCUT2D eigenvalue weighted by Gasteiger charge is -2.09. The summed E-state index contributed by atoms with van der Waals surface area (Å²) in [6.45, 7) is 1.76. The van der Waals surface area contributed by atoms with Gasteiger partial charge in [-0.25, -0.2) is 4.39 Å². The molecule has 0 unspecified atom stereocenters. The maximum Gasteiger partial charge on any atom is 0.255 e. The number of nitrogens with one attached hydrogen (secondary N) is 1. The Morgan fingerprint density at radius 2 is 2.05 bits per heavy atom. The lowest BCUT2D eigenvalue weighted by atomic mass is 10.1. The molecule has 100 valence electrons. The molecule has 2 aromatic rings. The molecule has 20 heavy (non-hydrogen) atoms. The number of rotatable bonds is 2. The van der Waals surface area contributed by atoms with Crippen molar-refractivity contribution in [3.05, 3.63) is 63.9 Å². The van der Waals surface area contributed by atoms with Crippen LogP contribution < -0.4 is 5.32 Å². The van der Waals surface area contributed by atoms with Crippen molar-refractivity contribution in [1.82, 2.24) is 0 Å². The molecular weight excluding hydrogens is 279 g/mol. The van der Waals surface area contributed by atoms with E-state index in [-0.39, 0.29) is 17.2 Å². The highest BCUT2D eigenvalue weighted by Gasteiger charge is 2.12. The predicted molar refractivity (Wildman–Crippen MR) is 75.3 cm³/mol. The number of halogens is 2. The van der Waals surface area contributed by atoms with E-state index in [1.165, 1.54) is 12.1 Å². The molecule has 0 aromatic heterocycles. The Balaban J connectivity index is 2.31. The number of anilines is 1. The standard InChI is InChI=1S/C15H10ClFN2O/c1-9-6-11(16)2-4-13(9)15(20)19-14-5-3-12(17)7-10(14)8-18/h2-7H,1H3,(H,19,20). The molecule has 0 spiro atoms. The normalized spacial score (nSPS) is 9.90. The van der Waals surface area contributed by atoms with E-state index in [4.69, 9.17) is 16.9 Å². The number of nitriles is 1. The largest absolute Gasteiger partial charge is 0.321 e. The maximum absolute atomic E-state index is 13.0. The van der Waals surface area contributed by atoms with Gasteiger partial charge in [0.25, 0.3) is 5.91 Å². The minimum atomic E-state index is -0.526. The molecule has 2 aromatic carbocycles. The number of amides is 1. The molecule has 2 rings (SSSR count). The lowest BCUT2D eigenvalue weighted by Crippen LogP contribution is -2.14. The van der Waals surface area contributed by atoms with Crippen molar-refractivity contribution in [2.24, 2.45) is 0 Å². The summed E-state index contributed by atoms with van der Waals surface area (Å²) in [4.78, 5) is 12.1. The molecule has 1 N–H and O–H groups in total. The Bertz CT molecular complexity index is 722. The number of benzene rings is 2. The summed E-state index contributed by atoms with van der Waals surface area (Å²) in [5.41, 5.74) is 1.51. The van der Waals surface area contributed by atoms with Crippen molar-refractivity contribution in [3.8, 4) is 6.07 Å². The van der Waals surface area contributed by atoms with Crippen LogP contribution in [0.4, 0.5) is 10.1 Å². The van der Waals surface area contributed by atoms with E-state index >= 15 is 0 Å². The third-order valence-electron chi connectivity index (χ3n) is 2.78. The fourth-order valence-electron chi connectivity index (χ4n) is 1.79. The molecule has 5 heteroatoms. The van der Waals surface area contributed by atoms with Gasteiger partial charge < -0.3 is 5.32 Å². The molecule has 0 aliphatic heterocycles. The van der Waals surface area contributed by atoms with E-state index in [1.807, 2.05) is 6.07 Å². The fraction of sp³-hybridized carbons (Fsp3) is 0.0667. The highest BCUT2D eigenvalue weighted by Crippen LogP contribution is 2.19. The summed E-state index contributed by atoms with van der Waals surface area (Å²) in [6, 6.07) is 10.3. The zero-order valence-corrected chi connectivity index (χ0v) is 11.3. The zero-order chi connectivity index (χ0) is 14.7. The smallest absolute Gasteiger partial charge is 0.255 e. The second kappa shape index (κ2) is 5.72. The Kier molecular flexibility index (Phi) is 4.02. The number of carbonyl (C=O) groups is 1. The van der Waals surface area contributed by atoms with Crippen LogP contribution >= 0.6 is 11.6 Å². The van der Waals surface area contributed by atoms with Crippen LogP contribution in [0.1, 0.15) is 21.5 Å². The number of aryl methyl sites for hydroxylation is 1. The highest BCUT2D eigenvalue weighted by atomic mass is 35.5. The molecule has 0 saturated heterocycles. The summed E-state index contributed by atoms with van der Waals surface area (Å²) >= 11 is 5.83. The number of carbonyl (C=O) groups excluding carboxylic acids is 1. The van der Waals surface area contributed by atoms with Gasteiger partial charge in [-0.15, -0.1) is 0 Å². The molecule has 0 radical (unpaired) electrons. The third kappa shape index (κ3) is 2.95. The minimum absolute atomic E-state index is 0.0740. The fourth-order valence-corrected chi connectivity index (χ4v) is 2.02. The lowest BCUT2D eigenvalue weighted by molar-refractivity contribution is 0.102. The Labute approximate surface area is 120 Å². The molecule has 0 bridgehead atoms. The quantitative estimate of drug-likeness (QED) is 0.911. The van der Waals surface area contributed by atoms with Crippen LogP contribution in [0.25, 0.3) is 0 Å². The zero-order valence-electron chi connectivity index (χ0n) is 10.6. The Morgan fingerprint density at radius 1 is 1.30 bits per heavy atom. The molecule has 0 fully saturated rings. The molecule has 0 aliphatic rings. The van der Waals surface area contributed by atoms with Gasteiger partial charge in [-0.2, -0.15) is 5.26 Å². The average Bonchev–Trinajstić information content (AvgIpc) is 2.40. The number of hydrogen-bond acceptors (Lipinski definition) is 2. The van der Waals surface area contributed by atoms with Gasteiger partial charge in [0.05, 0.1) is 11.3 Å². The minimum Gasteiger partial charge on any atom is -0.321 e. The van der Waals surface area contributed by atoms with Crippen LogP contribution in [0, 0.1) is 24.1 Å². The molecule has 0 atom stereocenters. The second-order valence-corrected chi connectivity index (χ2v) is 4.65. The van der Waals surface area contributed by atoms with Gasteiger partial charge in [0.1, 0.15) is 11.9 Å². The van der Waals surface area contributed by atoms with Gasteiger partial charge in [-0.1, -0.05) is 11.6 Å². The van der Waals surface area contributed by atoms with Gasteiger partial charge in [-0.3, -0.25) is 4.79 Å². The van der Waals surface area contributed by atoms with Crippen LogP contribution in [-0.2, 0) is 0 Å². The topological polar surface area (TPSA) is 52.9 Å². The van der Waals surface area contributed by atoms with E-state index in [2.05, 4.69) is 5.32 Å². The van der Waals surface area contributed by atoms with E-state index in [9.17, 15) is 9.18 Å². The second-order valence-electron chi connectivity index (χ2n) is 4.22. The highest BCUT2D eigenvalue weighted by molar-refractivity contribution is 6.30. The van der Waals surface area contributed by atoms with E-state index in [1.54, 1.807) is 25.1 Å². The molecule has 0 aliphatic carbocycles. The van der Waals surface area contributed by atoms with Crippen molar-refractivity contribution in [2.45, 2.75) is 6.92 Å².